The van der Waals surface area contributed by atoms with Crippen molar-refractivity contribution in [3.8, 4) is 0 Å². The lowest BCUT2D eigenvalue weighted by Gasteiger charge is -2.21. The van der Waals surface area contributed by atoms with Crippen molar-refractivity contribution in [2.45, 2.75) is 11.5 Å². The van der Waals surface area contributed by atoms with Gasteiger partial charge in [-0.1, -0.05) is 30.3 Å². The summed E-state index contributed by atoms with van der Waals surface area (Å²) in [7, 11) is -1.01. The number of benzene rings is 1. The molecule has 0 spiro atoms. The van der Waals surface area contributed by atoms with Crippen LogP contribution in [0.1, 0.15) is 16.1 Å². The van der Waals surface area contributed by atoms with Crippen molar-refractivity contribution in [1.29, 1.82) is 0 Å². The van der Waals surface area contributed by atoms with Gasteiger partial charge in [0.1, 0.15) is 17.2 Å². The summed E-state index contributed by atoms with van der Waals surface area (Å²) in [6.45, 7) is 0.256. The highest BCUT2D eigenvalue weighted by Gasteiger charge is 2.24. The quantitative estimate of drug-likeness (QED) is 0.701. The predicted molar refractivity (Wildman–Crippen MR) is 96.8 cm³/mol. The lowest BCUT2D eigenvalue weighted by atomic mass is 10.2. The number of H-pyrrole nitrogens is 1. The van der Waals surface area contributed by atoms with E-state index in [0.717, 1.165) is 22.1 Å². The van der Waals surface area contributed by atoms with Gasteiger partial charge in [-0.2, -0.15) is 4.31 Å². The maximum atomic E-state index is 12.4. The Morgan fingerprint density at radius 3 is 2.41 bits per heavy atom. The molecule has 9 nitrogen and oxygen atoms in total. The fraction of sp³-hybridized carbons (Fsp3) is 0.294. The van der Waals surface area contributed by atoms with Gasteiger partial charge in [-0.15, -0.1) is 0 Å². The molecule has 1 aromatic heterocycles. The third-order valence-electron chi connectivity index (χ3n) is 3.86. The molecular formula is C17H21N3O6S. The second-order valence-corrected chi connectivity index (χ2v) is 7.89. The minimum Gasteiger partial charge on any atom is -0.477 e. The number of hydrogen-bond donors (Lipinski definition) is 2. The van der Waals surface area contributed by atoms with Gasteiger partial charge < -0.3 is 19.7 Å². The summed E-state index contributed by atoms with van der Waals surface area (Å²) in [5, 5.41) is 8.87. The van der Waals surface area contributed by atoms with Gasteiger partial charge in [-0.05, 0) is 11.6 Å². The van der Waals surface area contributed by atoms with Gasteiger partial charge >= 0.3 is 12.1 Å². The Balaban J connectivity index is 1.88. The molecule has 27 heavy (non-hydrogen) atoms. The molecule has 0 aliphatic carbocycles. The van der Waals surface area contributed by atoms with Crippen molar-refractivity contribution >= 4 is 22.1 Å². The fourth-order valence-corrected chi connectivity index (χ4v) is 3.32. The zero-order valence-electron chi connectivity index (χ0n) is 15.0. The number of nitrogens with one attached hydrogen (secondary N) is 1. The number of carboxylic acid groups (broad SMARTS) is 1. The molecule has 2 aromatic rings. The highest BCUT2D eigenvalue weighted by Crippen LogP contribution is 2.15. The molecule has 0 atom stereocenters. The van der Waals surface area contributed by atoms with Crippen molar-refractivity contribution in [2.75, 3.05) is 27.2 Å². The lowest BCUT2D eigenvalue weighted by Crippen LogP contribution is -2.37. The summed E-state index contributed by atoms with van der Waals surface area (Å²) in [6.07, 6.45) is 0.548. The summed E-state index contributed by atoms with van der Waals surface area (Å²) in [4.78, 5) is 26.4. The SMILES string of the molecule is CN(CCN(C)S(=O)(=O)c1c[nH]c(C(=O)O)c1)C(=O)OCc1ccccc1. The van der Waals surface area contributed by atoms with Crippen LogP contribution in [0.5, 0.6) is 0 Å². The number of amides is 1. The largest absolute Gasteiger partial charge is 0.477 e. The minimum absolute atomic E-state index is 0.0207. The van der Waals surface area contributed by atoms with Crippen LogP contribution in [0.3, 0.4) is 0 Å². The average Bonchev–Trinajstić information content (AvgIpc) is 3.16. The monoisotopic (exact) mass is 395 g/mol. The summed E-state index contributed by atoms with van der Waals surface area (Å²) < 4.78 is 31.1. The van der Waals surface area contributed by atoms with E-state index in [4.69, 9.17) is 9.84 Å². The number of hydrogen-bond acceptors (Lipinski definition) is 5. The van der Waals surface area contributed by atoms with Crippen LogP contribution in [-0.2, 0) is 21.4 Å². The number of carboxylic acids is 1. The highest BCUT2D eigenvalue weighted by molar-refractivity contribution is 7.89. The van der Waals surface area contributed by atoms with Crippen LogP contribution in [0.25, 0.3) is 0 Å². The average molecular weight is 395 g/mol. The Hall–Kier alpha value is -2.85. The first-order chi connectivity index (χ1) is 12.7. The molecule has 0 aliphatic heterocycles. The molecule has 2 N–H and O–H groups in total. The van der Waals surface area contributed by atoms with Crippen LogP contribution in [0, 0.1) is 0 Å². The van der Waals surface area contributed by atoms with Crippen LogP contribution < -0.4 is 0 Å². The Morgan fingerprint density at radius 1 is 1.15 bits per heavy atom. The van der Waals surface area contributed by atoms with E-state index in [2.05, 4.69) is 4.98 Å². The van der Waals surface area contributed by atoms with E-state index in [9.17, 15) is 18.0 Å². The molecule has 1 amide bonds. The zero-order chi connectivity index (χ0) is 20.0. The van der Waals surface area contributed by atoms with Gasteiger partial charge in [0, 0.05) is 33.4 Å². The number of carbonyl (C=O) groups is 2. The van der Waals surface area contributed by atoms with Crippen molar-refractivity contribution in [1.82, 2.24) is 14.2 Å². The number of sulfonamides is 1. The maximum Gasteiger partial charge on any atom is 0.409 e. The molecule has 0 saturated heterocycles. The van der Waals surface area contributed by atoms with Crippen LogP contribution in [0.2, 0.25) is 0 Å². The second-order valence-electron chi connectivity index (χ2n) is 5.84. The number of rotatable bonds is 8. The second kappa shape index (κ2) is 8.69. The van der Waals surface area contributed by atoms with Gasteiger partial charge in [0.15, 0.2) is 0 Å². The minimum atomic E-state index is -3.87. The van der Waals surface area contributed by atoms with E-state index in [0.29, 0.717) is 0 Å². The Bertz CT molecular complexity index is 894. The number of likely N-dealkylation sites (N-methyl/N-ethyl adjacent to an activating group) is 2. The first-order valence-corrected chi connectivity index (χ1v) is 9.45. The van der Waals surface area contributed by atoms with Gasteiger partial charge in [-0.3, -0.25) is 0 Å². The van der Waals surface area contributed by atoms with Crippen molar-refractivity contribution in [2.24, 2.45) is 0 Å². The third-order valence-corrected chi connectivity index (χ3v) is 5.70. The molecule has 0 saturated carbocycles. The zero-order valence-corrected chi connectivity index (χ0v) is 15.8. The fourth-order valence-electron chi connectivity index (χ4n) is 2.16. The van der Waals surface area contributed by atoms with Crippen molar-refractivity contribution < 1.29 is 27.9 Å². The molecule has 0 bridgehead atoms. The molecule has 1 aromatic carbocycles. The van der Waals surface area contributed by atoms with Crippen molar-refractivity contribution in [3.05, 3.63) is 53.9 Å². The van der Waals surface area contributed by atoms with Gasteiger partial charge in [0.2, 0.25) is 10.0 Å². The van der Waals surface area contributed by atoms with Gasteiger partial charge in [0.05, 0.1) is 0 Å². The molecule has 146 valence electrons. The third kappa shape index (κ3) is 5.31. The summed E-state index contributed by atoms with van der Waals surface area (Å²) in [6, 6.07) is 10.2. The lowest BCUT2D eigenvalue weighted by molar-refractivity contribution is 0.0691. The van der Waals surface area contributed by atoms with Crippen LogP contribution in [-0.4, -0.2) is 67.0 Å². The van der Waals surface area contributed by atoms with E-state index >= 15 is 0 Å². The van der Waals surface area contributed by atoms with E-state index in [1.54, 1.807) is 0 Å². The van der Waals surface area contributed by atoms with E-state index in [-0.39, 0.29) is 30.3 Å². The highest BCUT2D eigenvalue weighted by atomic mass is 32.2. The molecule has 2 rings (SSSR count). The molecule has 0 unspecified atom stereocenters. The first-order valence-electron chi connectivity index (χ1n) is 8.01. The predicted octanol–water partition coefficient (Wildman–Crippen LogP) is 1.60. The number of carbonyl (C=O) groups excluding carboxylic acids is 1. The smallest absolute Gasteiger partial charge is 0.409 e. The van der Waals surface area contributed by atoms with E-state index < -0.39 is 22.1 Å². The van der Waals surface area contributed by atoms with Crippen LogP contribution in [0.15, 0.2) is 47.5 Å². The van der Waals surface area contributed by atoms with Gasteiger partial charge in [0.25, 0.3) is 0 Å². The maximum absolute atomic E-state index is 12.4. The number of nitrogens with zero attached hydrogens (tertiary/aromatic N) is 2. The molecule has 0 fully saturated rings. The standard InChI is InChI=1S/C17H21N3O6S/c1-19(17(23)26-12-13-6-4-3-5-7-13)8-9-20(2)27(24,25)14-10-15(16(21)22)18-11-14/h3-7,10-11,18H,8-9,12H2,1-2H3,(H,21,22). The number of ether oxygens (including phenoxy) is 1. The summed E-state index contributed by atoms with van der Waals surface area (Å²) >= 11 is 0. The molecule has 1 heterocycles. The number of aromatic amines is 1. The molecule has 0 radical (unpaired) electrons. The van der Waals surface area contributed by atoms with Crippen LogP contribution >= 0.6 is 0 Å². The normalized spacial score (nSPS) is 11.4. The Kier molecular flexibility index (Phi) is 6.59. The number of aromatic nitrogens is 1. The van der Waals surface area contributed by atoms with Crippen LogP contribution in [0.4, 0.5) is 4.79 Å². The van der Waals surface area contributed by atoms with E-state index in [1.807, 2.05) is 30.3 Å². The Morgan fingerprint density at radius 2 is 1.81 bits per heavy atom. The van der Waals surface area contributed by atoms with E-state index in [1.165, 1.54) is 19.0 Å². The Labute approximate surface area is 157 Å². The summed E-state index contributed by atoms with van der Waals surface area (Å²) in [5.41, 5.74) is 0.629. The van der Waals surface area contributed by atoms with Gasteiger partial charge in [-0.25, -0.2) is 18.0 Å². The molecule has 10 heteroatoms. The molecular weight excluding hydrogens is 374 g/mol. The first kappa shape index (κ1) is 20.5. The summed E-state index contributed by atoms with van der Waals surface area (Å²) in [5.74, 6) is -1.25. The molecule has 0 aliphatic rings. The van der Waals surface area contributed by atoms with Crippen molar-refractivity contribution in [3.63, 3.8) is 0 Å². The topological polar surface area (TPSA) is 120 Å². The number of aromatic carboxylic acids is 1.